The second-order valence-corrected chi connectivity index (χ2v) is 5.79. The molecule has 0 amide bonds. The number of rotatable bonds is 3. The van der Waals surface area contributed by atoms with Crippen LogP contribution in [0.25, 0.3) is 0 Å². The molecule has 0 bridgehead atoms. The highest BCUT2D eigenvalue weighted by molar-refractivity contribution is 5.75. The first-order valence-electron chi connectivity index (χ1n) is 5.52. The molecule has 1 aliphatic rings. The minimum atomic E-state index is 0.188. The van der Waals surface area contributed by atoms with Crippen molar-refractivity contribution in [2.24, 2.45) is 27.3 Å². The predicted octanol–water partition coefficient (Wildman–Crippen LogP) is 0.628. The van der Waals surface area contributed by atoms with Gasteiger partial charge in [-0.2, -0.15) is 0 Å². The zero-order valence-corrected chi connectivity index (χ0v) is 10.4. The summed E-state index contributed by atoms with van der Waals surface area (Å²) in [5.74, 6) is 0.188. The summed E-state index contributed by atoms with van der Waals surface area (Å²) < 4.78 is 0. The van der Waals surface area contributed by atoms with Gasteiger partial charge in [-0.1, -0.05) is 27.7 Å². The summed E-state index contributed by atoms with van der Waals surface area (Å²) in [6, 6.07) is 0. The molecule has 0 aliphatic carbocycles. The third kappa shape index (κ3) is 2.84. The molecule has 4 N–H and O–H groups in total. The molecule has 1 aliphatic heterocycles. The Morgan fingerprint density at radius 2 is 1.60 bits per heavy atom. The summed E-state index contributed by atoms with van der Waals surface area (Å²) in [4.78, 5) is 6.45. The van der Waals surface area contributed by atoms with Crippen LogP contribution in [0.2, 0.25) is 0 Å². The zero-order chi connectivity index (χ0) is 11.7. The molecule has 4 heteroatoms. The molecule has 0 atom stereocenters. The monoisotopic (exact) mass is 212 g/mol. The van der Waals surface area contributed by atoms with Gasteiger partial charge in [0.2, 0.25) is 0 Å². The fraction of sp³-hybridized carbons (Fsp3) is 0.909. The van der Waals surface area contributed by atoms with Crippen LogP contribution in [0.3, 0.4) is 0 Å². The van der Waals surface area contributed by atoms with E-state index < -0.39 is 0 Å². The molecule has 0 aromatic carbocycles. The summed E-state index contributed by atoms with van der Waals surface area (Å²) in [5.41, 5.74) is 11.3. The topological polar surface area (TPSA) is 67.6 Å². The van der Waals surface area contributed by atoms with E-state index in [-0.39, 0.29) is 5.96 Å². The first-order valence-corrected chi connectivity index (χ1v) is 5.52. The van der Waals surface area contributed by atoms with Crippen LogP contribution in [0, 0.1) is 10.8 Å². The molecule has 0 aromatic rings. The lowest BCUT2D eigenvalue weighted by atomic mass is 9.71. The summed E-state index contributed by atoms with van der Waals surface area (Å²) in [7, 11) is 0. The third-order valence-electron chi connectivity index (χ3n) is 3.78. The summed E-state index contributed by atoms with van der Waals surface area (Å²) in [6.07, 6.45) is 0. The predicted molar refractivity (Wildman–Crippen MR) is 64.7 cm³/mol. The lowest BCUT2D eigenvalue weighted by Gasteiger charge is -2.33. The first-order chi connectivity index (χ1) is 6.74. The number of guanidine groups is 1. The van der Waals surface area contributed by atoms with Gasteiger partial charge in [0.15, 0.2) is 5.96 Å². The maximum Gasteiger partial charge on any atom is 0.185 e. The number of nitrogens with two attached hydrogens (primary N) is 2. The average molecular weight is 212 g/mol. The van der Waals surface area contributed by atoms with Crippen molar-refractivity contribution in [2.75, 3.05) is 26.2 Å². The van der Waals surface area contributed by atoms with Gasteiger partial charge in [-0.25, -0.2) is 0 Å². The van der Waals surface area contributed by atoms with Crippen molar-refractivity contribution in [3.8, 4) is 0 Å². The molecule has 1 fully saturated rings. The van der Waals surface area contributed by atoms with Crippen LogP contribution in [0.1, 0.15) is 27.7 Å². The minimum Gasteiger partial charge on any atom is -0.370 e. The molecule has 1 saturated heterocycles. The summed E-state index contributed by atoms with van der Waals surface area (Å²) in [5, 5.41) is 0. The maximum atomic E-state index is 5.29. The highest BCUT2D eigenvalue weighted by atomic mass is 15.2. The molecule has 0 unspecified atom stereocenters. The molecule has 0 spiro atoms. The van der Waals surface area contributed by atoms with Crippen molar-refractivity contribution in [3.05, 3.63) is 0 Å². The molecule has 15 heavy (non-hydrogen) atoms. The van der Waals surface area contributed by atoms with E-state index in [1.165, 1.54) is 0 Å². The molecule has 88 valence electrons. The fourth-order valence-electron chi connectivity index (χ4n) is 2.08. The molecule has 1 rings (SSSR count). The Balaban J connectivity index is 2.46. The molecule has 0 aromatic heterocycles. The van der Waals surface area contributed by atoms with Crippen LogP contribution >= 0.6 is 0 Å². The smallest absolute Gasteiger partial charge is 0.185 e. The zero-order valence-electron chi connectivity index (χ0n) is 10.4. The number of nitrogens with zero attached hydrogens (tertiary/aromatic N) is 2. The van der Waals surface area contributed by atoms with Crippen LogP contribution in [0.4, 0.5) is 0 Å². The van der Waals surface area contributed by atoms with E-state index in [9.17, 15) is 0 Å². The number of aliphatic imine (C=N–C) groups is 1. The number of hydrogen-bond donors (Lipinski definition) is 2. The Bertz CT molecular complexity index is 235. The van der Waals surface area contributed by atoms with Crippen LogP contribution in [-0.2, 0) is 0 Å². The largest absolute Gasteiger partial charge is 0.370 e. The summed E-state index contributed by atoms with van der Waals surface area (Å²) in [6.45, 7) is 13.2. The normalized spacial score (nSPS) is 24.0. The summed E-state index contributed by atoms with van der Waals surface area (Å²) >= 11 is 0. The van der Waals surface area contributed by atoms with E-state index in [0.29, 0.717) is 17.4 Å². The Kier molecular flexibility index (Phi) is 3.28. The van der Waals surface area contributed by atoms with Crippen molar-refractivity contribution in [3.63, 3.8) is 0 Å². The van der Waals surface area contributed by atoms with Gasteiger partial charge in [-0.3, -0.25) is 4.99 Å². The van der Waals surface area contributed by atoms with Gasteiger partial charge in [0.25, 0.3) is 0 Å². The Labute approximate surface area is 92.7 Å². The van der Waals surface area contributed by atoms with Crippen LogP contribution < -0.4 is 11.5 Å². The molecule has 0 radical (unpaired) electrons. The number of likely N-dealkylation sites (tertiary alicyclic amines) is 1. The van der Waals surface area contributed by atoms with Crippen molar-refractivity contribution < 1.29 is 0 Å². The van der Waals surface area contributed by atoms with Gasteiger partial charge in [-0.05, 0) is 10.8 Å². The van der Waals surface area contributed by atoms with Crippen molar-refractivity contribution in [1.29, 1.82) is 0 Å². The quantitative estimate of drug-likeness (QED) is 0.532. The van der Waals surface area contributed by atoms with E-state index in [1.54, 1.807) is 0 Å². The van der Waals surface area contributed by atoms with Gasteiger partial charge in [0.1, 0.15) is 0 Å². The fourth-order valence-corrected chi connectivity index (χ4v) is 2.08. The Morgan fingerprint density at radius 3 is 2.00 bits per heavy atom. The van der Waals surface area contributed by atoms with Crippen LogP contribution in [0.5, 0.6) is 0 Å². The standard InChI is InChI=1S/C11H24N4/c1-10(2)7-15(8-11(10,3)4)6-5-14-9(12)13/h5-8H2,1-4H3,(H4,12,13,14). The Morgan fingerprint density at radius 1 is 1.13 bits per heavy atom. The third-order valence-corrected chi connectivity index (χ3v) is 3.78. The van der Waals surface area contributed by atoms with Crippen LogP contribution in [-0.4, -0.2) is 37.0 Å². The van der Waals surface area contributed by atoms with Gasteiger partial charge < -0.3 is 16.4 Å². The lowest BCUT2D eigenvalue weighted by molar-refractivity contribution is 0.184. The van der Waals surface area contributed by atoms with Gasteiger partial charge in [0.05, 0.1) is 6.54 Å². The number of hydrogen-bond acceptors (Lipinski definition) is 2. The lowest BCUT2D eigenvalue weighted by Crippen LogP contribution is -2.30. The second-order valence-electron chi connectivity index (χ2n) is 5.79. The minimum absolute atomic E-state index is 0.188. The maximum absolute atomic E-state index is 5.29. The molecular formula is C11H24N4. The van der Waals surface area contributed by atoms with Gasteiger partial charge >= 0.3 is 0 Å². The van der Waals surface area contributed by atoms with Crippen molar-refractivity contribution >= 4 is 5.96 Å². The average Bonchev–Trinajstić information content (AvgIpc) is 2.19. The van der Waals surface area contributed by atoms with E-state index >= 15 is 0 Å². The van der Waals surface area contributed by atoms with E-state index in [0.717, 1.165) is 19.6 Å². The highest BCUT2D eigenvalue weighted by Gasteiger charge is 2.44. The van der Waals surface area contributed by atoms with Crippen molar-refractivity contribution in [2.45, 2.75) is 27.7 Å². The molecule has 1 heterocycles. The van der Waals surface area contributed by atoms with Gasteiger partial charge in [-0.15, -0.1) is 0 Å². The molecule has 4 nitrogen and oxygen atoms in total. The van der Waals surface area contributed by atoms with E-state index in [2.05, 4.69) is 37.6 Å². The first kappa shape index (κ1) is 12.3. The SMILES string of the molecule is CC1(C)CN(CCN=C(N)N)CC1(C)C. The second kappa shape index (κ2) is 4.00. The van der Waals surface area contributed by atoms with Crippen molar-refractivity contribution in [1.82, 2.24) is 4.90 Å². The Hall–Kier alpha value is -0.770. The molecular weight excluding hydrogens is 188 g/mol. The van der Waals surface area contributed by atoms with E-state index in [1.807, 2.05) is 0 Å². The molecule has 0 saturated carbocycles. The van der Waals surface area contributed by atoms with Crippen LogP contribution in [0.15, 0.2) is 4.99 Å². The highest BCUT2D eigenvalue weighted by Crippen LogP contribution is 2.44. The van der Waals surface area contributed by atoms with Gasteiger partial charge in [0, 0.05) is 19.6 Å². The van der Waals surface area contributed by atoms with E-state index in [4.69, 9.17) is 11.5 Å².